The van der Waals surface area contributed by atoms with Crippen LogP contribution in [-0.2, 0) is 11.2 Å². The van der Waals surface area contributed by atoms with Gasteiger partial charge in [0.15, 0.2) is 0 Å². The van der Waals surface area contributed by atoms with Crippen LogP contribution in [0.3, 0.4) is 0 Å². The third-order valence-electron chi connectivity index (χ3n) is 1.40. The van der Waals surface area contributed by atoms with Crippen molar-refractivity contribution in [3.8, 4) is 5.88 Å². The van der Waals surface area contributed by atoms with Gasteiger partial charge < -0.3 is 9.84 Å². The highest BCUT2D eigenvalue weighted by Crippen LogP contribution is 2.18. The van der Waals surface area contributed by atoms with E-state index >= 15 is 0 Å². The van der Waals surface area contributed by atoms with Crippen LogP contribution in [0.15, 0.2) is 12.1 Å². The van der Waals surface area contributed by atoms with E-state index in [-0.39, 0.29) is 17.1 Å². The summed E-state index contributed by atoms with van der Waals surface area (Å²) in [4.78, 5) is 13.8. The molecule has 0 fully saturated rings. The van der Waals surface area contributed by atoms with E-state index in [2.05, 4.69) is 9.72 Å². The zero-order valence-electron chi connectivity index (χ0n) is 7.28. The highest BCUT2D eigenvalue weighted by Gasteiger charge is 2.09. The van der Waals surface area contributed by atoms with E-state index in [0.29, 0.717) is 0 Å². The summed E-state index contributed by atoms with van der Waals surface area (Å²) in [5, 5.41) is 8.38. The number of carbonyl (C=O) groups is 1. The zero-order chi connectivity index (χ0) is 11.4. The number of alkyl halides is 2. The van der Waals surface area contributed by atoms with Crippen LogP contribution in [-0.4, -0.2) is 22.7 Å². The van der Waals surface area contributed by atoms with Crippen molar-refractivity contribution in [1.82, 2.24) is 4.98 Å². The first-order valence-electron chi connectivity index (χ1n) is 3.80. The Morgan fingerprint density at radius 3 is 2.80 bits per heavy atom. The Kier molecular flexibility index (Phi) is 3.79. The van der Waals surface area contributed by atoms with E-state index in [9.17, 15) is 13.6 Å². The van der Waals surface area contributed by atoms with Gasteiger partial charge in [0.25, 0.3) is 0 Å². The number of hydrogen-bond donors (Lipinski definition) is 1. The Morgan fingerprint density at radius 1 is 1.60 bits per heavy atom. The van der Waals surface area contributed by atoms with Crippen LogP contribution in [0.5, 0.6) is 5.88 Å². The summed E-state index contributed by atoms with van der Waals surface area (Å²) in [6, 6.07) is 2.38. The molecule has 1 rings (SSSR count). The maximum Gasteiger partial charge on any atom is 0.388 e. The number of aliphatic carboxylic acids is 1. The fraction of sp³-hybridized carbons (Fsp3) is 0.250. The number of carboxylic acid groups (broad SMARTS) is 1. The van der Waals surface area contributed by atoms with Crippen LogP contribution in [0.25, 0.3) is 0 Å². The summed E-state index contributed by atoms with van der Waals surface area (Å²) in [5.41, 5.74) is 0.248. The molecule has 7 heteroatoms. The van der Waals surface area contributed by atoms with E-state index in [4.69, 9.17) is 16.7 Å². The Labute approximate surface area is 88.4 Å². The Balaban J connectivity index is 2.89. The van der Waals surface area contributed by atoms with Gasteiger partial charge in [-0.05, 0) is 11.6 Å². The summed E-state index contributed by atoms with van der Waals surface area (Å²) in [5.74, 6) is -1.49. The van der Waals surface area contributed by atoms with Crippen LogP contribution < -0.4 is 4.74 Å². The molecule has 0 unspecified atom stereocenters. The maximum absolute atomic E-state index is 11.8. The van der Waals surface area contributed by atoms with Gasteiger partial charge >= 0.3 is 12.6 Å². The van der Waals surface area contributed by atoms with Crippen molar-refractivity contribution in [1.29, 1.82) is 0 Å². The van der Waals surface area contributed by atoms with E-state index in [1.165, 1.54) is 6.07 Å². The highest BCUT2D eigenvalue weighted by atomic mass is 35.5. The van der Waals surface area contributed by atoms with E-state index in [1.807, 2.05) is 0 Å². The van der Waals surface area contributed by atoms with Gasteiger partial charge in [-0.1, -0.05) is 11.6 Å². The van der Waals surface area contributed by atoms with Gasteiger partial charge in [-0.2, -0.15) is 8.78 Å². The van der Waals surface area contributed by atoms with Crippen molar-refractivity contribution in [3.63, 3.8) is 0 Å². The molecule has 1 aromatic heterocycles. The van der Waals surface area contributed by atoms with Crippen LogP contribution in [0.4, 0.5) is 8.78 Å². The minimum Gasteiger partial charge on any atom is -0.481 e. The molecule has 4 nitrogen and oxygen atoms in total. The number of hydrogen-bond acceptors (Lipinski definition) is 3. The van der Waals surface area contributed by atoms with Gasteiger partial charge in [0.1, 0.15) is 5.15 Å². The molecule has 0 amide bonds. The average molecular weight is 238 g/mol. The third kappa shape index (κ3) is 4.07. The van der Waals surface area contributed by atoms with Crippen molar-refractivity contribution >= 4 is 17.6 Å². The molecule has 1 N–H and O–H groups in total. The number of ether oxygens (including phenoxy) is 1. The van der Waals surface area contributed by atoms with Gasteiger partial charge in [0, 0.05) is 6.07 Å². The number of halogens is 3. The molecular weight excluding hydrogens is 232 g/mol. The normalized spacial score (nSPS) is 10.4. The van der Waals surface area contributed by atoms with Crippen molar-refractivity contribution in [2.24, 2.45) is 0 Å². The molecule has 0 aliphatic rings. The van der Waals surface area contributed by atoms with Crippen molar-refractivity contribution < 1.29 is 23.4 Å². The fourth-order valence-electron chi connectivity index (χ4n) is 0.951. The van der Waals surface area contributed by atoms with Gasteiger partial charge in [0.05, 0.1) is 6.42 Å². The molecule has 0 radical (unpaired) electrons. The first kappa shape index (κ1) is 11.6. The topological polar surface area (TPSA) is 59.4 Å². The second-order valence-corrected chi connectivity index (χ2v) is 2.97. The summed E-state index contributed by atoms with van der Waals surface area (Å²) >= 11 is 5.49. The molecular formula is C8H6ClF2NO3. The molecule has 0 saturated heterocycles. The minimum absolute atomic E-state index is 0.0931. The largest absolute Gasteiger partial charge is 0.481 e. The molecule has 0 bridgehead atoms. The molecule has 0 aliphatic carbocycles. The quantitative estimate of drug-likeness (QED) is 0.814. The van der Waals surface area contributed by atoms with E-state index in [1.54, 1.807) is 0 Å². The van der Waals surface area contributed by atoms with Crippen LogP contribution >= 0.6 is 11.6 Å². The van der Waals surface area contributed by atoms with E-state index in [0.717, 1.165) is 6.07 Å². The lowest BCUT2D eigenvalue weighted by Gasteiger charge is -2.05. The molecule has 0 aromatic carbocycles. The van der Waals surface area contributed by atoms with Crippen molar-refractivity contribution in [2.75, 3.05) is 0 Å². The first-order valence-corrected chi connectivity index (χ1v) is 4.18. The van der Waals surface area contributed by atoms with E-state index < -0.39 is 18.5 Å². The van der Waals surface area contributed by atoms with Crippen LogP contribution in [0.1, 0.15) is 5.56 Å². The highest BCUT2D eigenvalue weighted by molar-refractivity contribution is 6.29. The number of rotatable bonds is 4. The Bertz CT molecular complexity index is 373. The number of nitrogens with zero attached hydrogens (tertiary/aromatic N) is 1. The maximum atomic E-state index is 11.8. The molecule has 0 aliphatic heterocycles. The molecule has 15 heavy (non-hydrogen) atoms. The van der Waals surface area contributed by atoms with Crippen LogP contribution in [0, 0.1) is 0 Å². The second-order valence-electron chi connectivity index (χ2n) is 2.59. The number of aromatic nitrogens is 1. The first-order chi connectivity index (χ1) is 6.97. The lowest BCUT2D eigenvalue weighted by Crippen LogP contribution is -2.06. The lowest BCUT2D eigenvalue weighted by molar-refractivity contribution is -0.136. The average Bonchev–Trinajstić information content (AvgIpc) is 1.98. The predicted molar refractivity (Wildman–Crippen MR) is 47.2 cm³/mol. The van der Waals surface area contributed by atoms with Gasteiger partial charge in [-0.15, -0.1) is 0 Å². The molecule has 1 heterocycles. The molecule has 0 saturated carbocycles. The zero-order valence-corrected chi connectivity index (χ0v) is 8.04. The minimum atomic E-state index is -3.02. The van der Waals surface area contributed by atoms with Gasteiger partial charge in [-0.25, -0.2) is 4.98 Å². The van der Waals surface area contributed by atoms with Crippen molar-refractivity contribution in [2.45, 2.75) is 13.0 Å². The smallest absolute Gasteiger partial charge is 0.388 e. The summed E-state index contributed by atoms with van der Waals surface area (Å²) in [6.45, 7) is -3.02. The number of carboxylic acids is 1. The molecule has 0 spiro atoms. The molecule has 1 aromatic rings. The van der Waals surface area contributed by atoms with Crippen LogP contribution in [0.2, 0.25) is 5.15 Å². The number of pyridine rings is 1. The molecule has 82 valence electrons. The summed E-state index contributed by atoms with van der Waals surface area (Å²) in [7, 11) is 0. The predicted octanol–water partition coefficient (Wildman–Crippen LogP) is 1.96. The Hall–Kier alpha value is -1.43. The molecule has 0 atom stereocenters. The SMILES string of the molecule is O=C(O)Cc1cc(Cl)nc(OC(F)F)c1. The lowest BCUT2D eigenvalue weighted by atomic mass is 10.2. The monoisotopic (exact) mass is 237 g/mol. The summed E-state index contributed by atoms with van der Waals surface area (Å²) < 4.78 is 27.6. The summed E-state index contributed by atoms with van der Waals surface area (Å²) in [6.07, 6.45) is -0.332. The fourth-order valence-corrected chi connectivity index (χ4v) is 1.17. The second kappa shape index (κ2) is 4.88. The van der Waals surface area contributed by atoms with Crippen molar-refractivity contribution in [3.05, 3.63) is 22.8 Å². The third-order valence-corrected chi connectivity index (χ3v) is 1.59. The standard InChI is InChI=1S/C8H6ClF2NO3/c9-5-1-4(3-7(13)14)2-6(12-5)15-8(10)11/h1-2,8H,3H2,(H,13,14). The van der Waals surface area contributed by atoms with Gasteiger partial charge in [-0.3, -0.25) is 4.79 Å². The van der Waals surface area contributed by atoms with Gasteiger partial charge in [0.2, 0.25) is 5.88 Å². The Morgan fingerprint density at radius 2 is 2.27 bits per heavy atom.